The number of fused-ring (bicyclic) bond motifs is 1. The van der Waals surface area contributed by atoms with Gasteiger partial charge in [0.15, 0.2) is 5.58 Å². The molecule has 2 N–H and O–H groups in total. The number of phenolic OH excluding ortho intramolecular Hbond substituents is 1. The van der Waals surface area contributed by atoms with Gasteiger partial charge in [0, 0.05) is 18.0 Å². The van der Waals surface area contributed by atoms with Crippen molar-refractivity contribution < 1.29 is 18.7 Å². The molecule has 128 valence electrons. The van der Waals surface area contributed by atoms with E-state index in [0.29, 0.717) is 22.4 Å². The summed E-state index contributed by atoms with van der Waals surface area (Å²) in [7, 11) is 0. The van der Waals surface area contributed by atoms with Crippen molar-refractivity contribution in [3.05, 3.63) is 72.3 Å². The number of halogens is 1. The molecular weight excluding hydrogens is 337 g/mol. The van der Waals surface area contributed by atoms with E-state index in [1.807, 2.05) is 0 Å². The number of aromatic hydroxyl groups is 1. The minimum absolute atomic E-state index is 0.0617. The molecule has 0 aliphatic rings. The quantitative estimate of drug-likeness (QED) is 0.546. The molecule has 6 nitrogen and oxygen atoms in total. The predicted octanol–water partition coefficient (Wildman–Crippen LogP) is 3.99. The number of rotatable bonds is 3. The normalized spacial score (nSPS) is 10.8. The summed E-state index contributed by atoms with van der Waals surface area (Å²) in [6.45, 7) is 0. The third-order valence-corrected chi connectivity index (χ3v) is 3.79. The molecule has 0 spiro atoms. The van der Waals surface area contributed by atoms with Crippen molar-refractivity contribution in [3.8, 4) is 17.2 Å². The van der Waals surface area contributed by atoms with Gasteiger partial charge in [0.25, 0.3) is 5.91 Å². The van der Waals surface area contributed by atoms with Gasteiger partial charge < -0.3 is 14.8 Å². The Hall–Kier alpha value is -3.74. The van der Waals surface area contributed by atoms with E-state index in [4.69, 9.17) is 4.42 Å². The molecule has 2 heterocycles. The largest absolute Gasteiger partial charge is 0.507 e. The topological polar surface area (TPSA) is 88.2 Å². The van der Waals surface area contributed by atoms with E-state index in [-0.39, 0.29) is 17.2 Å². The minimum Gasteiger partial charge on any atom is -0.507 e. The summed E-state index contributed by atoms with van der Waals surface area (Å²) in [5.41, 5.74) is 1.66. The van der Waals surface area contributed by atoms with Gasteiger partial charge in [0.05, 0.1) is 17.3 Å². The number of benzene rings is 2. The number of aromatic nitrogens is 2. The summed E-state index contributed by atoms with van der Waals surface area (Å²) in [6.07, 6.45) is 3.12. The number of oxazole rings is 1. The van der Waals surface area contributed by atoms with Crippen molar-refractivity contribution in [2.75, 3.05) is 5.32 Å². The van der Waals surface area contributed by atoms with Crippen LogP contribution in [0, 0.1) is 5.82 Å². The summed E-state index contributed by atoms with van der Waals surface area (Å²) in [6, 6.07) is 11.8. The van der Waals surface area contributed by atoms with E-state index in [0.717, 1.165) is 0 Å². The SMILES string of the molecule is O=C(Nc1ccc(O)c(-c2nc3cnccc3o2)c1)c1ccccc1F. The van der Waals surface area contributed by atoms with E-state index < -0.39 is 11.7 Å². The van der Waals surface area contributed by atoms with Crippen LogP contribution in [0.15, 0.2) is 65.3 Å². The zero-order valence-electron chi connectivity index (χ0n) is 13.3. The zero-order chi connectivity index (χ0) is 18.1. The van der Waals surface area contributed by atoms with Crippen molar-refractivity contribution in [2.45, 2.75) is 0 Å². The molecule has 0 atom stereocenters. The molecule has 0 unspecified atom stereocenters. The van der Waals surface area contributed by atoms with Crippen LogP contribution in [-0.4, -0.2) is 21.0 Å². The van der Waals surface area contributed by atoms with Gasteiger partial charge in [0.1, 0.15) is 17.1 Å². The van der Waals surface area contributed by atoms with Gasteiger partial charge in [-0.3, -0.25) is 9.78 Å². The van der Waals surface area contributed by atoms with Crippen molar-refractivity contribution in [1.29, 1.82) is 0 Å². The number of nitrogens with one attached hydrogen (secondary N) is 1. The second kappa shape index (κ2) is 6.29. The number of phenols is 1. The molecule has 0 saturated carbocycles. The third kappa shape index (κ3) is 2.86. The summed E-state index contributed by atoms with van der Waals surface area (Å²) in [5.74, 6) is -1.09. The number of carbonyl (C=O) groups excluding carboxylic acids is 1. The summed E-state index contributed by atoms with van der Waals surface area (Å²) in [5, 5.41) is 12.7. The molecule has 0 bridgehead atoms. The van der Waals surface area contributed by atoms with E-state index in [9.17, 15) is 14.3 Å². The highest BCUT2D eigenvalue weighted by atomic mass is 19.1. The average molecular weight is 349 g/mol. The van der Waals surface area contributed by atoms with Gasteiger partial charge in [-0.1, -0.05) is 12.1 Å². The summed E-state index contributed by atoms with van der Waals surface area (Å²) >= 11 is 0. The lowest BCUT2D eigenvalue weighted by atomic mass is 10.1. The Kier molecular flexibility index (Phi) is 3.81. The van der Waals surface area contributed by atoms with Crippen LogP contribution >= 0.6 is 0 Å². The molecule has 1 amide bonds. The second-order valence-electron chi connectivity index (χ2n) is 5.53. The third-order valence-electron chi connectivity index (χ3n) is 3.79. The summed E-state index contributed by atoms with van der Waals surface area (Å²) in [4.78, 5) is 20.5. The van der Waals surface area contributed by atoms with Crippen LogP contribution in [0.1, 0.15) is 10.4 Å². The Morgan fingerprint density at radius 2 is 2.00 bits per heavy atom. The molecule has 4 rings (SSSR count). The van der Waals surface area contributed by atoms with Crippen LogP contribution in [0.4, 0.5) is 10.1 Å². The van der Waals surface area contributed by atoms with Crippen molar-refractivity contribution >= 4 is 22.7 Å². The van der Waals surface area contributed by atoms with Gasteiger partial charge in [-0.25, -0.2) is 9.37 Å². The lowest BCUT2D eigenvalue weighted by Crippen LogP contribution is -2.13. The smallest absolute Gasteiger partial charge is 0.258 e. The monoisotopic (exact) mass is 349 g/mol. The molecule has 0 saturated heterocycles. The molecule has 7 heteroatoms. The maximum absolute atomic E-state index is 13.7. The number of anilines is 1. The first kappa shape index (κ1) is 15.8. The summed E-state index contributed by atoms with van der Waals surface area (Å²) < 4.78 is 19.4. The number of amides is 1. The second-order valence-corrected chi connectivity index (χ2v) is 5.53. The number of pyridine rings is 1. The van der Waals surface area contributed by atoms with E-state index in [2.05, 4.69) is 15.3 Å². The Balaban J connectivity index is 1.68. The Morgan fingerprint density at radius 3 is 2.81 bits per heavy atom. The standard InChI is InChI=1S/C19H12FN3O3/c20-14-4-2-1-3-12(14)18(25)22-11-5-6-16(24)13(9-11)19-23-15-10-21-8-7-17(15)26-19/h1-10,24H,(H,22,25). The Bertz CT molecular complexity index is 1090. The van der Waals surface area contributed by atoms with Gasteiger partial charge in [-0.2, -0.15) is 0 Å². The number of hydrogen-bond acceptors (Lipinski definition) is 5. The van der Waals surface area contributed by atoms with Crippen LogP contribution in [0.25, 0.3) is 22.6 Å². The molecule has 26 heavy (non-hydrogen) atoms. The Labute approximate surface area is 146 Å². The fourth-order valence-electron chi connectivity index (χ4n) is 2.52. The number of carbonyl (C=O) groups is 1. The van der Waals surface area contributed by atoms with Crippen molar-refractivity contribution in [2.24, 2.45) is 0 Å². The minimum atomic E-state index is -0.615. The molecular formula is C19H12FN3O3. The molecule has 4 aromatic rings. The zero-order valence-corrected chi connectivity index (χ0v) is 13.3. The van der Waals surface area contributed by atoms with E-state index >= 15 is 0 Å². The molecule has 0 aliphatic carbocycles. The van der Waals surface area contributed by atoms with Crippen molar-refractivity contribution in [3.63, 3.8) is 0 Å². The Morgan fingerprint density at radius 1 is 1.15 bits per heavy atom. The van der Waals surface area contributed by atoms with E-state index in [1.165, 1.54) is 36.4 Å². The van der Waals surface area contributed by atoms with Gasteiger partial charge in [-0.15, -0.1) is 0 Å². The molecule has 0 aliphatic heterocycles. The van der Waals surface area contributed by atoms with Gasteiger partial charge in [-0.05, 0) is 30.3 Å². The maximum Gasteiger partial charge on any atom is 0.258 e. The predicted molar refractivity (Wildman–Crippen MR) is 93.3 cm³/mol. The van der Waals surface area contributed by atoms with Gasteiger partial charge in [0.2, 0.25) is 5.89 Å². The fourth-order valence-corrected chi connectivity index (χ4v) is 2.52. The number of nitrogens with zero attached hydrogens (tertiary/aromatic N) is 2. The van der Waals surface area contributed by atoms with Crippen LogP contribution in [0.5, 0.6) is 5.75 Å². The highest BCUT2D eigenvalue weighted by Crippen LogP contribution is 2.33. The van der Waals surface area contributed by atoms with E-state index in [1.54, 1.807) is 24.5 Å². The lowest BCUT2D eigenvalue weighted by Gasteiger charge is -2.08. The van der Waals surface area contributed by atoms with Gasteiger partial charge >= 0.3 is 0 Å². The maximum atomic E-state index is 13.7. The highest BCUT2D eigenvalue weighted by Gasteiger charge is 2.15. The number of hydrogen-bond donors (Lipinski definition) is 2. The lowest BCUT2D eigenvalue weighted by molar-refractivity contribution is 0.102. The first-order valence-electron chi connectivity index (χ1n) is 7.71. The van der Waals surface area contributed by atoms with Crippen molar-refractivity contribution in [1.82, 2.24) is 9.97 Å². The van der Waals surface area contributed by atoms with Crippen LogP contribution < -0.4 is 5.32 Å². The van der Waals surface area contributed by atoms with Crippen LogP contribution in [0.3, 0.4) is 0 Å². The highest BCUT2D eigenvalue weighted by molar-refractivity contribution is 6.04. The van der Waals surface area contributed by atoms with Crippen LogP contribution in [0.2, 0.25) is 0 Å². The van der Waals surface area contributed by atoms with Crippen LogP contribution in [-0.2, 0) is 0 Å². The molecule has 2 aromatic heterocycles. The molecule has 2 aromatic carbocycles. The first-order chi connectivity index (χ1) is 12.6. The first-order valence-corrected chi connectivity index (χ1v) is 7.71. The molecule has 0 fully saturated rings. The molecule has 0 radical (unpaired) electrons. The average Bonchev–Trinajstić information content (AvgIpc) is 3.07. The fraction of sp³-hybridized carbons (Fsp3) is 0.